The summed E-state index contributed by atoms with van der Waals surface area (Å²) in [4.78, 5) is 24.8. The lowest BCUT2D eigenvalue weighted by Gasteiger charge is -2.65. The maximum absolute atomic E-state index is 13.2. The van der Waals surface area contributed by atoms with Crippen molar-refractivity contribution in [3.63, 3.8) is 0 Å². The fourth-order valence-electron chi connectivity index (χ4n) is 7.77. The number of carbonyl (C=O) groups excluding carboxylic acids is 2. The number of allylic oxidation sites excluding steroid dienone is 4. The summed E-state index contributed by atoms with van der Waals surface area (Å²) in [5.74, 6) is -0.605. The molecule has 35 heavy (non-hydrogen) atoms. The number of alkyl halides is 2. The van der Waals surface area contributed by atoms with Gasteiger partial charge in [-0.2, -0.15) is 0 Å². The molecule has 4 aliphatic carbocycles. The van der Waals surface area contributed by atoms with E-state index in [9.17, 15) is 14.7 Å². The summed E-state index contributed by atoms with van der Waals surface area (Å²) in [6, 6.07) is 0. The van der Waals surface area contributed by atoms with E-state index in [0.717, 1.165) is 5.57 Å². The van der Waals surface area contributed by atoms with Crippen molar-refractivity contribution in [1.29, 1.82) is 0 Å². The Morgan fingerprint density at radius 2 is 1.89 bits per heavy atom. The van der Waals surface area contributed by atoms with Crippen molar-refractivity contribution >= 4 is 43.1 Å². The molecule has 0 amide bonds. The zero-order valence-corrected chi connectivity index (χ0v) is 25.0. The Kier molecular flexibility index (Phi) is 6.51. The predicted octanol–water partition coefficient (Wildman–Crippen LogP) is 6.44. The Hall–Kier alpha value is -0.463. The van der Waals surface area contributed by atoms with E-state index < -0.39 is 29.6 Å². The third-order valence-corrected chi connectivity index (χ3v) is 16.6. The molecule has 1 N–H and O–H groups in total. The monoisotopic (exact) mass is 540 g/mol. The van der Waals surface area contributed by atoms with E-state index in [1.807, 2.05) is 13.0 Å². The molecule has 4 aliphatic rings. The zero-order chi connectivity index (χ0) is 26.4. The number of ketones is 2. The highest BCUT2D eigenvalue weighted by atomic mass is 35.5. The molecule has 0 aromatic heterocycles. The van der Waals surface area contributed by atoms with Crippen LogP contribution in [-0.2, 0) is 14.0 Å². The summed E-state index contributed by atoms with van der Waals surface area (Å²) in [7, 11) is -2.28. The van der Waals surface area contributed by atoms with Crippen molar-refractivity contribution in [2.75, 3.05) is 5.88 Å². The largest absolute Gasteiger partial charge is 0.412 e. The van der Waals surface area contributed by atoms with Crippen LogP contribution in [0.2, 0.25) is 18.1 Å². The molecule has 7 heteroatoms. The molecule has 0 aromatic rings. The lowest BCUT2D eigenvalue weighted by atomic mass is 9.46. The smallest absolute Gasteiger partial charge is 0.192 e. The minimum Gasteiger partial charge on any atom is -0.412 e. The van der Waals surface area contributed by atoms with E-state index in [2.05, 4.69) is 53.8 Å². The molecule has 4 rings (SSSR count). The first kappa shape index (κ1) is 27.6. The van der Waals surface area contributed by atoms with Crippen LogP contribution in [0, 0.1) is 28.6 Å². The Labute approximate surface area is 222 Å². The quantitative estimate of drug-likeness (QED) is 0.253. The third-order valence-electron chi connectivity index (χ3n) is 11.0. The van der Waals surface area contributed by atoms with Crippen molar-refractivity contribution in [1.82, 2.24) is 0 Å². The molecule has 0 aromatic carbocycles. The highest BCUT2D eigenvalue weighted by molar-refractivity contribution is 6.74. The number of carbonyl (C=O) groups is 2. The number of fused-ring (bicyclic) bond motifs is 5. The van der Waals surface area contributed by atoms with Gasteiger partial charge in [-0.25, -0.2) is 0 Å². The Morgan fingerprint density at radius 1 is 1.26 bits per heavy atom. The highest BCUT2D eigenvalue weighted by Crippen LogP contribution is 2.71. The average Bonchev–Trinajstić information content (AvgIpc) is 2.95. The lowest BCUT2D eigenvalue weighted by Crippen LogP contribution is -2.70. The summed E-state index contributed by atoms with van der Waals surface area (Å²) in [5.41, 5.74) is -1.69. The molecule has 0 unspecified atom stereocenters. The number of halogens is 2. The second-order valence-corrected chi connectivity index (χ2v) is 19.2. The van der Waals surface area contributed by atoms with Crippen LogP contribution in [0.25, 0.3) is 0 Å². The van der Waals surface area contributed by atoms with Crippen LogP contribution >= 0.6 is 23.2 Å². The molecule has 196 valence electrons. The molecule has 0 aliphatic heterocycles. The maximum atomic E-state index is 13.2. The van der Waals surface area contributed by atoms with E-state index in [0.29, 0.717) is 25.7 Å². The molecule has 0 heterocycles. The van der Waals surface area contributed by atoms with Gasteiger partial charge < -0.3 is 9.53 Å². The van der Waals surface area contributed by atoms with E-state index in [4.69, 9.17) is 27.6 Å². The van der Waals surface area contributed by atoms with Gasteiger partial charge >= 0.3 is 0 Å². The van der Waals surface area contributed by atoms with Gasteiger partial charge in [0.1, 0.15) is 5.60 Å². The summed E-state index contributed by atoms with van der Waals surface area (Å²) in [6.45, 7) is 17.3. The topological polar surface area (TPSA) is 63.6 Å². The van der Waals surface area contributed by atoms with Crippen LogP contribution in [0.3, 0.4) is 0 Å². The summed E-state index contributed by atoms with van der Waals surface area (Å²) in [5, 5.41) is 12.0. The van der Waals surface area contributed by atoms with Gasteiger partial charge in [0, 0.05) is 17.3 Å². The van der Waals surface area contributed by atoms with Crippen LogP contribution in [-0.4, -0.2) is 47.4 Å². The summed E-state index contributed by atoms with van der Waals surface area (Å²) in [6.07, 6.45) is 7.80. The molecule has 2 saturated carbocycles. The molecule has 0 saturated heterocycles. The number of aliphatic hydroxyl groups is 1. The Bertz CT molecular complexity index is 999. The molecular weight excluding hydrogens is 499 g/mol. The van der Waals surface area contributed by atoms with Gasteiger partial charge in [0.05, 0.1) is 16.9 Å². The first-order valence-electron chi connectivity index (χ1n) is 13.0. The second kappa shape index (κ2) is 8.27. The van der Waals surface area contributed by atoms with Crippen LogP contribution in [0.1, 0.15) is 67.2 Å². The zero-order valence-electron chi connectivity index (χ0n) is 22.5. The summed E-state index contributed by atoms with van der Waals surface area (Å²) >= 11 is 14.0. The van der Waals surface area contributed by atoms with E-state index >= 15 is 0 Å². The van der Waals surface area contributed by atoms with Gasteiger partial charge in [-0.3, -0.25) is 9.59 Å². The number of hydrogen-bond donors (Lipinski definition) is 1. The minimum atomic E-state index is -2.28. The van der Waals surface area contributed by atoms with Crippen LogP contribution in [0.5, 0.6) is 0 Å². The van der Waals surface area contributed by atoms with Crippen LogP contribution in [0.15, 0.2) is 23.8 Å². The number of rotatable bonds is 4. The standard InChI is InChI=1S/C28H42Cl2O4Si/c1-17-13-21-20-10-9-18-14-19(31)11-12-25(18,5)27(20,30)23(34-35(7,8)24(2,3)4)15-26(21,6)28(17,33)22(32)16-29/h9,11-12,17,20-21,23,33H,10,13-16H2,1-8H3/t17-,20+,21+,23+,25+,26+,27+,28+/m1/s1. The van der Waals surface area contributed by atoms with Crippen molar-refractivity contribution < 1.29 is 19.1 Å². The normalized spacial score (nSPS) is 45.5. The SMILES string of the molecule is C[C@@H]1C[C@H]2[C@@H]3CC=C4CC(=O)C=C[C@]4(C)[C@@]3(Cl)[C@@H](O[Si](C)(C)C(C)(C)C)C[C@]2(C)[C@@]1(O)C(=O)CCl. The third kappa shape index (κ3) is 3.51. The van der Waals surface area contributed by atoms with Crippen LogP contribution < -0.4 is 0 Å². The molecular formula is C28H42Cl2O4Si. The predicted molar refractivity (Wildman–Crippen MR) is 144 cm³/mol. The van der Waals surface area contributed by atoms with Gasteiger partial charge in [0.25, 0.3) is 0 Å². The molecule has 0 bridgehead atoms. The van der Waals surface area contributed by atoms with Crippen LogP contribution in [0.4, 0.5) is 0 Å². The fourth-order valence-corrected chi connectivity index (χ4v) is 9.93. The molecule has 0 radical (unpaired) electrons. The van der Waals surface area contributed by atoms with E-state index in [1.54, 1.807) is 6.08 Å². The molecule has 2 fully saturated rings. The van der Waals surface area contributed by atoms with Gasteiger partial charge in [0.15, 0.2) is 19.9 Å². The molecule has 0 spiro atoms. The van der Waals surface area contributed by atoms with Crippen molar-refractivity contribution in [2.24, 2.45) is 28.6 Å². The number of hydrogen-bond acceptors (Lipinski definition) is 4. The first-order chi connectivity index (χ1) is 15.9. The highest BCUT2D eigenvalue weighted by Gasteiger charge is 2.75. The Balaban J connectivity index is 1.93. The van der Waals surface area contributed by atoms with Gasteiger partial charge in [-0.05, 0) is 61.2 Å². The fraction of sp³-hybridized carbons (Fsp3) is 0.786. The second-order valence-electron chi connectivity index (χ2n) is 13.6. The van der Waals surface area contributed by atoms with Gasteiger partial charge in [0.2, 0.25) is 0 Å². The average molecular weight is 542 g/mol. The van der Waals surface area contributed by atoms with Crippen molar-refractivity contribution in [3.8, 4) is 0 Å². The van der Waals surface area contributed by atoms with Crippen molar-refractivity contribution in [2.45, 2.75) is 102 Å². The number of Topliss-reactive ketones (excluding diaryl/α,β-unsaturated/α-hetero) is 1. The minimum absolute atomic E-state index is 0.0103. The van der Waals surface area contributed by atoms with E-state index in [-0.39, 0.29) is 46.3 Å². The molecule has 8 atom stereocenters. The molecule has 4 nitrogen and oxygen atoms in total. The van der Waals surface area contributed by atoms with E-state index in [1.165, 1.54) is 0 Å². The lowest BCUT2D eigenvalue weighted by molar-refractivity contribution is -0.172. The van der Waals surface area contributed by atoms with Gasteiger partial charge in [-0.15, -0.1) is 23.2 Å². The van der Waals surface area contributed by atoms with Crippen molar-refractivity contribution in [3.05, 3.63) is 23.8 Å². The summed E-state index contributed by atoms with van der Waals surface area (Å²) < 4.78 is 7.18. The Morgan fingerprint density at radius 3 is 2.46 bits per heavy atom. The first-order valence-corrected chi connectivity index (χ1v) is 16.8. The maximum Gasteiger partial charge on any atom is 0.192 e. The van der Waals surface area contributed by atoms with Gasteiger partial charge in [-0.1, -0.05) is 59.3 Å².